The SMILES string of the molecule is Cc1csc(N(C)C(=O)CCc2ccnn2C)n1. The molecule has 0 aromatic carbocycles. The Morgan fingerprint density at radius 2 is 2.33 bits per heavy atom. The zero-order valence-corrected chi connectivity index (χ0v) is 11.6. The molecule has 0 saturated carbocycles. The second-order valence-electron chi connectivity index (χ2n) is 4.17. The largest absolute Gasteiger partial charge is 0.291 e. The van der Waals surface area contributed by atoms with Gasteiger partial charge in [-0.3, -0.25) is 14.4 Å². The predicted molar refractivity (Wildman–Crippen MR) is 71.8 cm³/mol. The minimum atomic E-state index is 0.0746. The van der Waals surface area contributed by atoms with Crippen LogP contribution in [0, 0.1) is 6.92 Å². The van der Waals surface area contributed by atoms with E-state index in [9.17, 15) is 4.79 Å². The second-order valence-corrected chi connectivity index (χ2v) is 5.01. The Labute approximate surface area is 110 Å². The van der Waals surface area contributed by atoms with Gasteiger partial charge in [0.1, 0.15) is 0 Å². The Hall–Kier alpha value is -1.69. The van der Waals surface area contributed by atoms with Crippen LogP contribution in [0.4, 0.5) is 5.13 Å². The topological polar surface area (TPSA) is 51.0 Å². The average molecular weight is 264 g/mol. The van der Waals surface area contributed by atoms with Gasteiger partial charge >= 0.3 is 0 Å². The van der Waals surface area contributed by atoms with Gasteiger partial charge in [0, 0.05) is 37.8 Å². The fraction of sp³-hybridized carbons (Fsp3) is 0.417. The van der Waals surface area contributed by atoms with Crippen molar-refractivity contribution in [3.05, 3.63) is 29.0 Å². The maximum absolute atomic E-state index is 12.0. The summed E-state index contributed by atoms with van der Waals surface area (Å²) in [6.45, 7) is 1.92. The van der Waals surface area contributed by atoms with Crippen LogP contribution in [0.5, 0.6) is 0 Å². The Balaban J connectivity index is 1.94. The van der Waals surface area contributed by atoms with Gasteiger partial charge in [-0.15, -0.1) is 11.3 Å². The lowest BCUT2D eigenvalue weighted by Crippen LogP contribution is -2.26. The summed E-state index contributed by atoms with van der Waals surface area (Å²) in [5, 5.41) is 6.78. The van der Waals surface area contributed by atoms with E-state index in [0.29, 0.717) is 12.8 Å². The molecule has 5 nitrogen and oxygen atoms in total. The van der Waals surface area contributed by atoms with E-state index in [2.05, 4.69) is 10.1 Å². The van der Waals surface area contributed by atoms with Crippen LogP contribution < -0.4 is 4.90 Å². The number of hydrogen-bond donors (Lipinski definition) is 0. The smallest absolute Gasteiger partial charge is 0.228 e. The number of amides is 1. The van der Waals surface area contributed by atoms with Crippen molar-refractivity contribution >= 4 is 22.4 Å². The van der Waals surface area contributed by atoms with Crippen LogP contribution in [-0.2, 0) is 18.3 Å². The summed E-state index contributed by atoms with van der Waals surface area (Å²) in [5.41, 5.74) is 2.01. The van der Waals surface area contributed by atoms with Gasteiger partial charge in [-0.2, -0.15) is 5.10 Å². The van der Waals surface area contributed by atoms with Crippen molar-refractivity contribution < 1.29 is 4.79 Å². The van der Waals surface area contributed by atoms with Crippen molar-refractivity contribution in [3.63, 3.8) is 0 Å². The Kier molecular flexibility index (Phi) is 3.76. The maximum atomic E-state index is 12.0. The fourth-order valence-corrected chi connectivity index (χ4v) is 2.44. The number of hydrogen-bond acceptors (Lipinski definition) is 4. The number of nitrogens with zero attached hydrogens (tertiary/aromatic N) is 4. The zero-order valence-electron chi connectivity index (χ0n) is 10.8. The number of rotatable bonds is 4. The van der Waals surface area contributed by atoms with E-state index in [-0.39, 0.29) is 5.91 Å². The lowest BCUT2D eigenvalue weighted by Gasteiger charge is -2.13. The minimum Gasteiger partial charge on any atom is -0.291 e. The first-order valence-electron chi connectivity index (χ1n) is 5.73. The van der Waals surface area contributed by atoms with Crippen LogP contribution in [0.3, 0.4) is 0 Å². The maximum Gasteiger partial charge on any atom is 0.228 e. The molecule has 0 aliphatic rings. The molecule has 2 heterocycles. The third-order valence-corrected chi connectivity index (χ3v) is 3.82. The van der Waals surface area contributed by atoms with E-state index in [1.165, 1.54) is 11.3 Å². The number of aryl methyl sites for hydroxylation is 3. The molecule has 1 amide bonds. The molecule has 96 valence electrons. The van der Waals surface area contributed by atoms with Gasteiger partial charge in [-0.1, -0.05) is 0 Å². The number of thiazole rings is 1. The van der Waals surface area contributed by atoms with Crippen LogP contribution in [0.25, 0.3) is 0 Å². The van der Waals surface area contributed by atoms with Gasteiger partial charge < -0.3 is 0 Å². The van der Waals surface area contributed by atoms with Gasteiger partial charge in [0.2, 0.25) is 5.91 Å². The molecule has 18 heavy (non-hydrogen) atoms. The predicted octanol–water partition coefficient (Wildman–Crippen LogP) is 1.78. The number of anilines is 1. The molecule has 2 aromatic rings. The van der Waals surface area contributed by atoms with Crippen LogP contribution >= 0.6 is 11.3 Å². The number of aromatic nitrogens is 3. The summed E-state index contributed by atoms with van der Waals surface area (Å²) in [5.74, 6) is 0.0746. The van der Waals surface area contributed by atoms with Gasteiger partial charge in [0.05, 0.1) is 5.69 Å². The first-order chi connectivity index (χ1) is 8.58. The van der Waals surface area contributed by atoms with Crippen molar-refractivity contribution in [1.82, 2.24) is 14.8 Å². The molecular formula is C12H16N4OS. The first kappa shape index (κ1) is 12.8. The highest BCUT2D eigenvalue weighted by Gasteiger charge is 2.14. The summed E-state index contributed by atoms with van der Waals surface area (Å²) in [6, 6.07) is 1.93. The minimum absolute atomic E-state index is 0.0746. The van der Waals surface area contributed by atoms with E-state index < -0.39 is 0 Å². The van der Waals surface area contributed by atoms with E-state index >= 15 is 0 Å². The Bertz CT molecular complexity index is 546. The van der Waals surface area contributed by atoms with Gasteiger partial charge in [-0.25, -0.2) is 4.98 Å². The first-order valence-corrected chi connectivity index (χ1v) is 6.61. The van der Waals surface area contributed by atoms with E-state index in [0.717, 1.165) is 16.5 Å². The van der Waals surface area contributed by atoms with Crippen molar-refractivity contribution in [2.45, 2.75) is 19.8 Å². The van der Waals surface area contributed by atoms with Crippen LogP contribution in [-0.4, -0.2) is 27.7 Å². The lowest BCUT2D eigenvalue weighted by atomic mass is 10.2. The monoisotopic (exact) mass is 264 g/mol. The second kappa shape index (κ2) is 5.30. The van der Waals surface area contributed by atoms with Crippen LogP contribution in [0.1, 0.15) is 17.8 Å². The van der Waals surface area contributed by atoms with Crippen molar-refractivity contribution in [3.8, 4) is 0 Å². The van der Waals surface area contributed by atoms with Gasteiger partial charge in [0.25, 0.3) is 0 Å². The zero-order chi connectivity index (χ0) is 13.1. The molecule has 2 rings (SSSR count). The van der Waals surface area contributed by atoms with Crippen LogP contribution in [0.15, 0.2) is 17.6 Å². The summed E-state index contributed by atoms with van der Waals surface area (Å²) in [6.07, 6.45) is 2.91. The summed E-state index contributed by atoms with van der Waals surface area (Å²) >= 11 is 1.49. The Morgan fingerprint density at radius 3 is 2.89 bits per heavy atom. The third kappa shape index (κ3) is 2.76. The molecule has 0 saturated heterocycles. The third-order valence-electron chi connectivity index (χ3n) is 2.79. The Morgan fingerprint density at radius 1 is 1.56 bits per heavy atom. The van der Waals surface area contributed by atoms with E-state index in [4.69, 9.17) is 0 Å². The highest BCUT2D eigenvalue weighted by atomic mass is 32.1. The molecule has 0 fully saturated rings. The van der Waals surface area contributed by atoms with Crippen molar-refractivity contribution in [2.24, 2.45) is 7.05 Å². The van der Waals surface area contributed by atoms with Crippen LogP contribution in [0.2, 0.25) is 0 Å². The van der Waals surface area contributed by atoms with Crippen molar-refractivity contribution in [2.75, 3.05) is 11.9 Å². The van der Waals surface area contributed by atoms with E-state index in [1.807, 2.05) is 25.4 Å². The van der Waals surface area contributed by atoms with Crippen molar-refractivity contribution in [1.29, 1.82) is 0 Å². The van der Waals surface area contributed by atoms with E-state index in [1.54, 1.807) is 22.8 Å². The molecule has 0 aliphatic carbocycles. The molecular weight excluding hydrogens is 248 g/mol. The molecule has 2 aromatic heterocycles. The average Bonchev–Trinajstić information content (AvgIpc) is 2.94. The fourth-order valence-electron chi connectivity index (χ4n) is 1.65. The molecule has 0 unspecified atom stereocenters. The molecule has 0 bridgehead atoms. The van der Waals surface area contributed by atoms with Gasteiger partial charge in [0.15, 0.2) is 5.13 Å². The quantitative estimate of drug-likeness (QED) is 0.846. The molecule has 0 atom stereocenters. The lowest BCUT2D eigenvalue weighted by molar-refractivity contribution is -0.118. The molecule has 6 heteroatoms. The summed E-state index contributed by atoms with van der Waals surface area (Å²) in [7, 11) is 3.65. The number of carbonyl (C=O) groups excluding carboxylic acids is 1. The molecule has 0 aliphatic heterocycles. The number of carbonyl (C=O) groups is 1. The molecule has 0 radical (unpaired) electrons. The molecule has 0 N–H and O–H groups in total. The summed E-state index contributed by atoms with van der Waals surface area (Å²) in [4.78, 5) is 17.9. The summed E-state index contributed by atoms with van der Waals surface area (Å²) < 4.78 is 1.79. The normalized spacial score (nSPS) is 10.6. The molecule has 0 spiro atoms. The highest BCUT2D eigenvalue weighted by molar-refractivity contribution is 7.14. The van der Waals surface area contributed by atoms with Gasteiger partial charge in [-0.05, 0) is 19.4 Å². The highest BCUT2D eigenvalue weighted by Crippen LogP contribution is 2.19. The standard InChI is InChI=1S/C12H16N4OS/c1-9-8-18-12(14-9)15(2)11(17)5-4-10-6-7-13-16(10)3/h6-8H,4-5H2,1-3H3.